The van der Waals surface area contributed by atoms with Crippen molar-refractivity contribution in [3.05, 3.63) is 94.8 Å². The van der Waals surface area contributed by atoms with E-state index >= 15 is 0 Å². The lowest BCUT2D eigenvalue weighted by molar-refractivity contribution is 0.101. The fourth-order valence-corrected chi connectivity index (χ4v) is 2.50. The number of nitrogens with one attached hydrogen (secondary N) is 2. The zero-order chi connectivity index (χ0) is 20.3. The smallest absolute Gasteiger partial charge is 0.255 e. The molecule has 0 fully saturated rings. The molecule has 7 heteroatoms. The van der Waals surface area contributed by atoms with Gasteiger partial charge in [0, 0.05) is 16.8 Å². The fourth-order valence-electron chi connectivity index (χ4n) is 2.50. The minimum absolute atomic E-state index is 0.122. The number of amides is 2. The van der Waals surface area contributed by atoms with Crippen LogP contribution in [0, 0.1) is 24.4 Å². The van der Waals surface area contributed by atoms with Crippen LogP contribution in [0.1, 0.15) is 26.3 Å². The Balaban J connectivity index is 1.72. The first kappa shape index (κ1) is 19.2. The second-order valence-electron chi connectivity index (χ2n) is 6.02. The van der Waals surface area contributed by atoms with Crippen LogP contribution in [0.15, 0.2) is 60.7 Å². The molecule has 3 aromatic rings. The third kappa shape index (κ3) is 4.03. The first-order valence-corrected chi connectivity index (χ1v) is 8.28. The Morgan fingerprint density at radius 3 is 1.79 bits per heavy atom. The highest BCUT2D eigenvalue weighted by Crippen LogP contribution is 2.20. The first-order chi connectivity index (χ1) is 13.4. The lowest BCUT2D eigenvalue weighted by atomic mass is 10.1. The van der Waals surface area contributed by atoms with Gasteiger partial charge >= 0.3 is 0 Å². The molecular formula is C21H15F3N2O2. The van der Waals surface area contributed by atoms with Crippen molar-refractivity contribution in [3.8, 4) is 0 Å². The Bertz CT molecular complexity index is 1050. The quantitative estimate of drug-likeness (QED) is 0.628. The largest absolute Gasteiger partial charge is 0.322 e. The number of halogens is 3. The molecule has 0 aliphatic rings. The summed E-state index contributed by atoms with van der Waals surface area (Å²) in [5.74, 6) is -5.58. The van der Waals surface area contributed by atoms with Crippen LogP contribution in [0.3, 0.4) is 0 Å². The lowest BCUT2D eigenvalue weighted by Gasteiger charge is -2.09. The minimum atomic E-state index is -1.67. The molecule has 0 radical (unpaired) electrons. The van der Waals surface area contributed by atoms with Gasteiger partial charge in [0.25, 0.3) is 11.8 Å². The summed E-state index contributed by atoms with van der Waals surface area (Å²) in [6, 6.07) is 14.5. The van der Waals surface area contributed by atoms with Crippen molar-refractivity contribution in [1.82, 2.24) is 0 Å². The Morgan fingerprint density at radius 1 is 0.679 bits per heavy atom. The van der Waals surface area contributed by atoms with E-state index in [0.29, 0.717) is 17.3 Å². The fraction of sp³-hybridized carbons (Fsp3) is 0.0476. The number of hydrogen-bond donors (Lipinski definition) is 2. The summed E-state index contributed by atoms with van der Waals surface area (Å²) in [6.45, 7) is 1.86. The molecule has 0 bridgehead atoms. The predicted octanol–water partition coefficient (Wildman–Crippen LogP) is 4.92. The van der Waals surface area contributed by atoms with Gasteiger partial charge in [-0.25, -0.2) is 13.2 Å². The zero-order valence-corrected chi connectivity index (χ0v) is 14.7. The van der Waals surface area contributed by atoms with Gasteiger partial charge in [-0.3, -0.25) is 9.59 Å². The van der Waals surface area contributed by atoms with Crippen LogP contribution in [0.5, 0.6) is 0 Å². The molecule has 4 nitrogen and oxygen atoms in total. The Kier molecular flexibility index (Phi) is 5.44. The summed E-state index contributed by atoms with van der Waals surface area (Å²) in [6.07, 6.45) is 0. The minimum Gasteiger partial charge on any atom is -0.322 e. The molecule has 0 saturated heterocycles. The van der Waals surface area contributed by atoms with Crippen molar-refractivity contribution in [3.63, 3.8) is 0 Å². The number of carbonyl (C=O) groups is 2. The molecule has 2 N–H and O–H groups in total. The van der Waals surface area contributed by atoms with Crippen LogP contribution in [0.25, 0.3) is 0 Å². The predicted molar refractivity (Wildman–Crippen MR) is 99.8 cm³/mol. The summed E-state index contributed by atoms with van der Waals surface area (Å²) < 4.78 is 39.9. The van der Waals surface area contributed by atoms with Gasteiger partial charge in [-0.2, -0.15) is 0 Å². The van der Waals surface area contributed by atoms with Crippen molar-refractivity contribution < 1.29 is 22.8 Å². The van der Waals surface area contributed by atoms with Crippen LogP contribution in [-0.4, -0.2) is 11.8 Å². The summed E-state index contributed by atoms with van der Waals surface area (Å²) in [5, 5.41) is 4.94. The molecule has 0 atom stereocenters. The molecule has 0 unspecified atom stereocenters. The van der Waals surface area contributed by atoms with Crippen molar-refractivity contribution in [1.29, 1.82) is 0 Å². The molecule has 0 aliphatic heterocycles. The maximum absolute atomic E-state index is 13.7. The summed E-state index contributed by atoms with van der Waals surface area (Å²) in [7, 11) is 0. The maximum Gasteiger partial charge on any atom is 0.255 e. The highest BCUT2D eigenvalue weighted by atomic mass is 19.2. The maximum atomic E-state index is 13.7. The molecule has 3 rings (SSSR count). The average molecular weight is 384 g/mol. The number of hydrogen-bond acceptors (Lipinski definition) is 2. The summed E-state index contributed by atoms with van der Waals surface area (Å²) >= 11 is 0. The topological polar surface area (TPSA) is 58.2 Å². The van der Waals surface area contributed by atoms with Gasteiger partial charge in [0.05, 0.1) is 5.69 Å². The van der Waals surface area contributed by atoms with E-state index in [4.69, 9.17) is 0 Å². The lowest BCUT2D eigenvalue weighted by Crippen LogP contribution is -2.15. The Hall–Kier alpha value is -3.61. The second kappa shape index (κ2) is 7.96. The van der Waals surface area contributed by atoms with E-state index in [0.717, 1.165) is 11.6 Å². The number of rotatable bonds is 4. The van der Waals surface area contributed by atoms with E-state index in [9.17, 15) is 22.8 Å². The van der Waals surface area contributed by atoms with E-state index in [-0.39, 0.29) is 11.5 Å². The van der Waals surface area contributed by atoms with E-state index in [1.54, 1.807) is 12.1 Å². The molecule has 142 valence electrons. The molecule has 0 spiro atoms. The first-order valence-electron chi connectivity index (χ1n) is 8.28. The number of aryl methyl sites for hydroxylation is 1. The average Bonchev–Trinajstić information content (AvgIpc) is 2.70. The molecule has 0 aliphatic carbocycles. The number of benzene rings is 3. The van der Waals surface area contributed by atoms with Crippen molar-refractivity contribution in [2.45, 2.75) is 6.92 Å². The third-order valence-corrected chi connectivity index (χ3v) is 4.09. The second-order valence-corrected chi connectivity index (χ2v) is 6.02. The third-order valence-electron chi connectivity index (χ3n) is 4.09. The number of para-hydroxylation sites is 1. The molecule has 2 amide bonds. The Morgan fingerprint density at radius 2 is 1.21 bits per heavy atom. The van der Waals surface area contributed by atoms with E-state index in [2.05, 4.69) is 10.6 Å². The van der Waals surface area contributed by atoms with E-state index in [1.165, 1.54) is 24.3 Å². The molecule has 0 heterocycles. The van der Waals surface area contributed by atoms with Gasteiger partial charge in [0.2, 0.25) is 0 Å². The standard InChI is InChI=1S/C21H15F3N2O2/c1-12-4-2-3-5-16(12)25-20(27)13-6-8-14(9-7-13)21(28)26-17-11-10-15(22)18(23)19(17)24/h2-11H,1H3,(H,25,27)(H,26,28). The van der Waals surface area contributed by atoms with Crippen molar-refractivity contribution >= 4 is 23.2 Å². The van der Waals surface area contributed by atoms with Crippen molar-refractivity contribution in [2.75, 3.05) is 10.6 Å². The van der Waals surface area contributed by atoms with Crippen LogP contribution >= 0.6 is 0 Å². The van der Waals surface area contributed by atoms with Gasteiger partial charge < -0.3 is 10.6 Å². The van der Waals surface area contributed by atoms with Gasteiger partial charge in [-0.1, -0.05) is 18.2 Å². The van der Waals surface area contributed by atoms with Crippen molar-refractivity contribution in [2.24, 2.45) is 0 Å². The van der Waals surface area contributed by atoms with Gasteiger partial charge in [-0.05, 0) is 55.0 Å². The van der Waals surface area contributed by atoms with Gasteiger partial charge in [-0.15, -0.1) is 0 Å². The van der Waals surface area contributed by atoms with Crippen LogP contribution in [0.4, 0.5) is 24.5 Å². The molecular weight excluding hydrogens is 369 g/mol. The van der Waals surface area contributed by atoms with Gasteiger partial charge in [0.1, 0.15) is 0 Å². The monoisotopic (exact) mass is 384 g/mol. The van der Waals surface area contributed by atoms with E-state index in [1.807, 2.05) is 19.1 Å². The highest BCUT2D eigenvalue weighted by Gasteiger charge is 2.16. The molecule has 3 aromatic carbocycles. The highest BCUT2D eigenvalue weighted by molar-refractivity contribution is 6.07. The summed E-state index contributed by atoms with van der Waals surface area (Å²) in [4.78, 5) is 24.5. The SMILES string of the molecule is Cc1ccccc1NC(=O)c1ccc(C(=O)Nc2ccc(F)c(F)c2F)cc1. The van der Waals surface area contributed by atoms with Crippen LogP contribution < -0.4 is 10.6 Å². The van der Waals surface area contributed by atoms with Gasteiger partial charge in [0.15, 0.2) is 17.5 Å². The normalized spacial score (nSPS) is 10.4. The van der Waals surface area contributed by atoms with Crippen LogP contribution in [-0.2, 0) is 0 Å². The molecule has 0 saturated carbocycles. The van der Waals surface area contributed by atoms with Crippen LogP contribution in [0.2, 0.25) is 0 Å². The zero-order valence-electron chi connectivity index (χ0n) is 14.7. The summed E-state index contributed by atoms with van der Waals surface area (Å²) in [5.41, 5.74) is 1.53. The molecule has 0 aromatic heterocycles. The Labute approximate surface area is 159 Å². The number of carbonyl (C=O) groups excluding carboxylic acids is 2. The van der Waals surface area contributed by atoms with E-state index < -0.39 is 29.0 Å². The number of anilines is 2. The molecule has 28 heavy (non-hydrogen) atoms.